The Bertz CT molecular complexity index is 445. The molecule has 110 valence electrons. The van der Waals surface area contributed by atoms with Crippen molar-refractivity contribution in [2.24, 2.45) is 0 Å². The van der Waals surface area contributed by atoms with Crippen LogP contribution in [-0.2, 0) is 20.9 Å². The Balaban J connectivity index is 2.42. The van der Waals surface area contributed by atoms with E-state index >= 15 is 0 Å². The summed E-state index contributed by atoms with van der Waals surface area (Å²) in [6.07, 6.45) is 1.53. The van der Waals surface area contributed by atoms with Crippen molar-refractivity contribution in [1.29, 1.82) is 0 Å². The molecular formula is C15H21NO4. The highest BCUT2D eigenvalue weighted by molar-refractivity contribution is 5.91. The van der Waals surface area contributed by atoms with Crippen LogP contribution >= 0.6 is 0 Å². The molecule has 1 amide bonds. The highest BCUT2D eigenvalue weighted by Crippen LogP contribution is 2.16. The Morgan fingerprint density at radius 3 is 2.60 bits per heavy atom. The van der Waals surface area contributed by atoms with Crippen LogP contribution in [0.15, 0.2) is 24.3 Å². The van der Waals surface area contributed by atoms with E-state index in [0.29, 0.717) is 32.5 Å². The maximum absolute atomic E-state index is 11.8. The molecule has 2 N–H and O–H groups in total. The fraction of sp³-hybridized carbons (Fsp3) is 0.467. The van der Waals surface area contributed by atoms with Crippen molar-refractivity contribution in [2.75, 3.05) is 11.9 Å². The minimum absolute atomic E-state index is 0.0978. The lowest BCUT2D eigenvalue weighted by molar-refractivity contribution is -0.137. The van der Waals surface area contributed by atoms with Crippen LogP contribution in [0.5, 0.6) is 0 Å². The SMILES string of the molecule is CCOCc1ccccc1NC(=O)CCCCC(=O)O. The number of hydrogen-bond acceptors (Lipinski definition) is 3. The zero-order valence-corrected chi connectivity index (χ0v) is 11.7. The summed E-state index contributed by atoms with van der Waals surface area (Å²) in [7, 11) is 0. The number of amides is 1. The van der Waals surface area contributed by atoms with Crippen molar-refractivity contribution >= 4 is 17.6 Å². The maximum Gasteiger partial charge on any atom is 0.303 e. The smallest absolute Gasteiger partial charge is 0.303 e. The number of para-hydroxylation sites is 1. The van der Waals surface area contributed by atoms with E-state index < -0.39 is 5.97 Å². The van der Waals surface area contributed by atoms with Gasteiger partial charge in [0.1, 0.15) is 0 Å². The fourth-order valence-electron chi connectivity index (χ4n) is 1.75. The summed E-state index contributed by atoms with van der Waals surface area (Å²) in [4.78, 5) is 22.1. The maximum atomic E-state index is 11.8. The largest absolute Gasteiger partial charge is 0.481 e. The molecule has 5 heteroatoms. The number of benzene rings is 1. The van der Waals surface area contributed by atoms with Gasteiger partial charge in [-0.05, 0) is 25.8 Å². The average molecular weight is 279 g/mol. The van der Waals surface area contributed by atoms with E-state index in [0.717, 1.165) is 11.3 Å². The van der Waals surface area contributed by atoms with Gasteiger partial charge in [0.15, 0.2) is 0 Å². The molecule has 0 aromatic heterocycles. The van der Waals surface area contributed by atoms with Crippen LogP contribution in [0.1, 0.15) is 38.2 Å². The van der Waals surface area contributed by atoms with Gasteiger partial charge in [-0.1, -0.05) is 18.2 Å². The van der Waals surface area contributed by atoms with Gasteiger partial charge in [-0.3, -0.25) is 9.59 Å². The average Bonchev–Trinajstić information content (AvgIpc) is 2.42. The zero-order chi connectivity index (χ0) is 14.8. The third-order valence-electron chi connectivity index (χ3n) is 2.80. The van der Waals surface area contributed by atoms with Crippen LogP contribution in [0.2, 0.25) is 0 Å². The first kappa shape index (κ1) is 16.2. The number of carboxylic acids is 1. The van der Waals surface area contributed by atoms with Crippen molar-refractivity contribution in [1.82, 2.24) is 0 Å². The summed E-state index contributed by atoms with van der Waals surface area (Å²) in [6, 6.07) is 7.51. The van der Waals surface area contributed by atoms with Crippen molar-refractivity contribution < 1.29 is 19.4 Å². The number of carboxylic acid groups (broad SMARTS) is 1. The quantitative estimate of drug-likeness (QED) is 0.681. The zero-order valence-electron chi connectivity index (χ0n) is 11.7. The molecule has 0 unspecified atom stereocenters. The van der Waals surface area contributed by atoms with E-state index in [4.69, 9.17) is 9.84 Å². The van der Waals surface area contributed by atoms with Gasteiger partial charge < -0.3 is 15.2 Å². The Labute approximate surface area is 118 Å². The molecule has 0 saturated heterocycles. The molecule has 0 heterocycles. The predicted molar refractivity (Wildman–Crippen MR) is 76.5 cm³/mol. The summed E-state index contributed by atoms with van der Waals surface area (Å²) in [6.45, 7) is 3.01. The number of ether oxygens (including phenoxy) is 1. The molecule has 20 heavy (non-hydrogen) atoms. The number of nitrogens with one attached hydrogen (secondary N) is 1. The van der Waals surface area contributed by atoms with E-state index in [1.165, 1.54) is 0 Å². The number of unbranched alkanes of at least 4 members (excludes halogenated alkanes) is 1. The van der Waals surface area contributed by atoms with Gasteiger partial charge in [0.25, 0.3) is 0 Å². The van der Waals surface area contributed by atoms with Crippen LogP contribution in [0, 0.1) is 0 Å². The molecule has 0 radical (unpaired) electrons. The number of anilines is 1. The molecule has 0 spiro atoms. The Morgan fingerprint density at radius 1 is 1.20 bits per heavy atom. The second kappa shape index (κ2) is 9.09. The fourth-order valence-corrected chi connectivity index (χ4v) is 1.75. The highest BCUT2D eigenvalue weighted by Gasteiger charge is 2.07. The van der Waals surface area contributed by atoms with Gasteiger partial charge in [0.2, 0.25) is 5.91 Å². The van der Waals surface area contributed by atoms with Gasteiger partial charge in [-0.2, -0.15) is 0 Å². The lowest BCUT2D eigenvalue weighted by Gasteiger charge is -2.10. The van der Waals surface area contributed by atoms with Crippen LogP contribution in [-0.4, -0.2) is 23.6 Å². The van der Waals surface area contributed by atoms with Crippen LogP contribution in [0.4, 0.5) is 5.69 Å². The molecule has 0 aliphatic heterocycles. The van der Waals surface area contributed by atoms with E-state index in [9.17, 15) is 9.59 Å². The molecule has 1 aromatic carbocycles. The highest BCUT2D eigenvalue weighted by atomic mass is 16.5. The third-order valence-corrected chi connectivity index (χ3v) is 2.80. The van der Waals surface area contributed by atoms with Gasteiger partial charge in [0, 0.05) is 30.7 Å². The van der Waals surface area contributed by atoms with Gasteiger partial charge in [-0.25, -0.2) is 0 Å². The summed E-state index contributed by atoms with van der Waals surface area (Å²) < 4.78 is 5.35. The second-order valence-electron chi connectivity index (χ2n) is 4.44. The lowest BCUT2D eigenvalue weighted by atomic mass is 10.1. The van der Waals surface area contributed by atoms with Crippen LogP contribution < -0.4 is 5.32 Å². The summed E-state index contributed by atoms with van der Waals surface area (Å²) in [5.41, 5.74) is 1.69. The lowest BCUT2D eigenvalue weighted by Crippen LogP contribution is -2.13. The van der Waals surface area contributed by atoms with Gasteiger partial charge in [0.05, 0.1) is 6.61 Å². The van der Waals surface area contributed by atoms with Crippen molar-refractivity contribution in [3.05, 3.63) is 29.8 Å². The van der Waals surface area contributed by atoms with E-state index in [-0.39, 0.29) is 12.3 Å². The molecule has 0 atom stereocenters. The molecule has 0 fully saturated rings. The summed E-state index contributed by atoms with van der Waals surface area (Å²) in [5, 5.41) is 11.4. The number of hydrogen-bond donors (Lipinski definition) is 2. The Kier molecular flexibility index (Phi) is 7.35. The van der Waals surface area contributed by atoms with Crippen molar-refractivity contribution in [3.8, 4) is 0 Å². The van der Waals surface area contributed by atoms with E-state index in [2.05, 4.69) is 5.32 Å². The molecule has 0 aliphatic carbocycles. The van der Waals surface area contributed by atoms with Crippen molar-refractivity contribution in [3.63, 3.8) is 0 Å². The first-order valence-electron chi connectivity index (χ1n) is 6.80. The van der Waals surface area contributed by atoms with Gasteiger partial charge in [-0.15, -0.1) is 0 Å². The third kappa shape index (κ3) is 6.33. The first-order chi connectivity index (χ1) is 9.63. The Morgan fingerprint density at radius 2 is 1.90 bits per heavy atom. The molecule has 1 rings (SSSR count). The molecule has 0 bridgehead atoms. The topological polar surface area (TPSA) is 75.6 Å². The monoisotopic (exact) mass is 279 g/mol. The van der Waals surface area contributed by atoms with E-state index in [1.54, 1.807) is 0 Å². The predicted octanol–water partition coefficient (Wildman–Crippen LogP) is 2.81. The van der Waals surface area contributed by atoms with E-state index in [1.807, 2.05) is 31.2 Å². The molecule has 0 saturated carbocycles. The molecule has 5 nitrogen and oxygen atoms in total. The number of rotatable bonds is 9. The van der Waals surface area contributed by atoms with Gasteiger partial charge >= 0.3 is 5.97 Å². The minimum atomic E-state index is -0.826. The second-order valence-corrected chi connectivity index (χ2v) is 4.44. The number of carbonyl (C=O) groups excluding carboxylic acids is 1. The minimum Gasteiger partial charge on any atom is -0.481 e. The Hall–Kier alpha value is -1.88. The summed E-state index contributed by atoms with van der Waals surface area (Å²) >= 11 is 0. The molecular weight excluding hydrogens is 258 g/mol. The molecule has 1 aromatic rings. The number of aliphatic carboxylic acids is 1. The first-order valence-corrected chi connectivity index (χ1v) is 6.80. The normalized spacial score (nSPS) is 10.2. The van der Waals surface area contributed by atoms with Crippen LogP contribution in [0.25, 0.3) is 0 Å². The standard InChI is InChI=1S/C15H21NO4/c1-2-20-11-12-7-3-4-8-13(12)16-14(17)9-5-6-10-15(18)19/h3-4,7-8H,2,5-6,9-11H2,1H3,(H,16,17)(H,18,19). The number of carbonyl (C=O) groups is 2. The molecule has 0 aliphatic rings. The van der Waals surface area contributed by atoms with Crippen LogP contribution in [0.3, 0.4) is 0 Å². The van der Waals surface area contributed by atoms with Crippen molar-refractivity contribution in [2.45, 2.75) is 39.2 Å². The summed E-state index contributed by atoms with van der Waals surface area (Å²) in [5.74, 6) is -0.924.